The number of hydrogen-bond donors (Lipinski definition) is 1. The van der Waals surface area contributed by atoms with Crippen molar-refractivity contribution in [2.45, 2.75) is 6.92 Å². The molecular formula is C18H16N2O2S. The van der Waals surface area contributed by atoms with Gasteiger partial charge in [0.15, 0.2) is 5.11 Å². The quantitative estimate of drug-likeness (QED) is 0.695. The van der Waals surface area contributed by atoms with Crippen molar-refractivity contribution in [3.63, 3.8) is 0 Å². The second-order valence-corrected chi connectivity index (χ2v) is 5.62. The molecule has 0 unspecified atom stereocenters. The molecule has 0 aromatic heterocycles. The Kier molecular flexibility index (Phi) is 4.12. The van der Waals surface area contributed by atoms with Crippen LogP contribution in [0.25, 0.3) is 6.08 Å². The Morgan fingerprint density at radius 3 is 2.35 bits per heavy atom. The van der Waals surface area contributed by atoms with Crippen LogP contribution < -0.4 is 15.0 Å². The van der Waals surface area contributed by atoms with E-state index >= 15 is 0 Å². The number of nitrogens with one attached hydrogen (secondary N) is 1. The first kappa shape index (κ1) is 15.2. The Balaban J connectivity index is 1.88. The van der Waals surface area contributed by atoms with Gasteiger partial charge in [-0.25, -0.2) is 0 Å². The summed E-state index contributed by atoms with van der Waals surface area (Å²) in [5.74, 6) is 0.565. The highest BCUT2D eigenvalue weighted by Gasteiger charge is 2.31. The molecular weight excluding hydrogens is 308 g/mol. The number of aryl methyl sites for hydroxylation is 1. The third-order valence-corrected chi connectivity index (χ3v) is 3.88. The van der Waals surface area contributed by atoms with Gasteiger partial charge >= 0.3 is 0 Å². The van der Waals surface area contributed by atoms with Gasteiger partial charge in [-0.2, -0.15) is 0 Å². The van der Waals surface area contributed by atoms with E-state index in [0.29, 0.717) is 16.5 Å². The number of anilines is 1. The van der Waals surface area contributed by atoms with Crippen LogP contribution in [0.15, 0.2) is 54.2 Å². The summed E-state index contributed by atoms with van der Waals surface area (Å²) in [6.07, 6.45) is 1.80. The number of hydrogen-bond acceptors (Lipinski definition) is 3. The number of benzene rings is 2. The molecule has 1 fully saturated rings. The Labute approximate surface area is 140 Å². The molecule has 116 valence electrons. The maximum Gasteiger partial charge on any atom is 0.281 e. The smallest absolute Gasteiger partial charge is 0.281 e. The second-order valence-electron chi connectivity index (χ2n) is 5.24. The van der Waals surface area contributed by atoms with E-state index in [1.54, 1.807) is 37.5 Å². The number of rotatable bonds is 3. The summed E-state index contributed by atoms with van der Waals surface area (Å²) in [5, 5.41) is 3.36. The zero-order valence-corrected chi connectivity index (χ0v) is 13.7. The Morgan fingerprint density at radius 1 is 1.09 bits per heavy atom. The van der Waals surface area contributed by atoms with E-state index in [4.69, 9.17) is 17.0 Å². The predicted molar refractivity (Wildman–Crippen MR) is 95.4 cm³/mol. The lowest BCUT2D eigenvalue weighted by Gasteiger charge is -2.14. The molecule has 1 N–H and O–H groups in total. The van der Waals surface area contributed by atoms with Crippen LogP contribution >= 0.6 is 12.2 Å². The SMILES string of the molecule is COc1ccc(N2C(=O)/C(=C\c3ccc(C)cc3)NC2=S)cc1. The van der Waals surface area contributed by atoms with Gasteiger partial charge in [0.2, 0.25) is 0 Å². The van der Waals surface area contributed by atoms with Gasteiger partial charge < -0.3 is 10.1 Å². The number of methoxy groups -OCH3 is 1. The molecule has 4 nitrogen and oxygen atoms in total. The fraction of sp³-hybridized carbons (Fsp3) is 0.111. The Hall–Kier alpha value is -2.66. The van der Waals surface area contributed by atoms with Gasteiger partial charge in [0.25, 0.3) is 5.91 Å². The number of ether oxygens (including phenoxy) is 1. The van der Waals surface area contributed by atoms with E-state index in [9.17, 15) is 4.79 Å². The fourth-order valence-corrected chi connectivity index (χ4v) is 2.63. The molecule has 0 spiro atoms. The van der Waals surface area contributed by atoms with Gasteiger partial charge in [-0.05, 0) is 55.0 Å². The second kappa shape index (κ2) is 6.22. The minimum absolute atomic E-state index is 0.166. The highest BCUT2D eigenvalue weighted by molar-refractivity contribution is 7.80. The van der Waals surface area contributed by atoms with Crippen LogP contribution in [0.1, 0.15) is 11.1 Å². The molecule has 1 heterocycles. The highest BCUT2D eigenvalue weighted by atomic mass is 32.1. The van der Waals surface area contributed by atoms with Gasteiger partial charge in [-0.15, -0.1) is 0 Å². The summed E-state index contributed by atoms with van der Waals surface area (Å²) in [6.45, 7) is 2.02. The summed E-state index contributed by atoms with van der Waals surface area (Å²) in [4.78, 5) is 14.1. The molecule has 2 aromatic carbocycles. The molecule has 5 heteroatoms. The van der Waals surface area contributed by atoms with Crippen molar-refractivity contribution in [1.82, 2.24) is 5.32 Å². The average Bonchev–Trinajstić information content (AvgIpc) is 2.84. The minimum Gasteiger partial charge on any atom is -0.497 e. The molecule has 0 atom stereocenters. The van der Waals surface area contributed by atoms with Crippen LogP contribution in [0, 0.1) is 6.92 Å². The van der Waals surface area contributed by atoms with Crippen LogP contribution in [-0.2, 0) is 4.79 Å². The number of thiocarbonyl (C=S) groups is 1. The average molecular weight is 324 g/mol. The van der Waals surface area contributed by atoms with Crippen molar-refractivity contribution in [3.05, 3.63) is 65.4 Å². The van der Waals surface area contributed by atoms with Crippen molar-refractivity contribution < 1.29 is 9.53 Å². The molecule has 2 aromatic rings. The first-order valence-corrected chi connectivity index (χ1v) is 7.57. The van der Waals surface area contributed by atoms with E-state index < -0.39 is 0 Å². The fourth-order valence-electron chi connectivity index (χ4n) is 2.33. The molecule has 1 aliphatic rings. The number of carbonyl (C=O) groups is 1. The molecule has 1 amide bonds. The molecule has 3 rings (SSSR count). The van der Waals surface area contributed by atoms with Crippen LogP contribution in [-0.4, -0.2) is 18.1 Å². The molecule has 0 radical (unpaired) electrons. The largest absolute Gasteiger partial charge is 0.497 e. The van der Waals surface area contributed by atoms with E-state index in [1.165, 1.54) is 10.5 Å². The lowest BCUT2D eigenvalue weighted by Crippen LogP contribution is -2.30. The Bertz CT molecular complexity index is 780. The lowest BCUT2D eigenvalue weighted by atomic mass is 10.1. The van der Waals surface area contributed by atoms with E-state index in [0.717, 1.165) is 11.3 Å². The topological polar surface area (TPSA) is 41.6 Å². The molecule has 1 aliphatic heterocycles. The first-order valence-electron chi connectivity index (χ1n) is 7.16. The van der Waals surface area contributed by atoms with Gasteiger partial charge in [0, 0.05) is 0 Å². The van der Waals surface area contributed by atoms with Crippen LogP contribution in [0.3, 0.4) is 0 Å². The highest BCUT2D eigenvalue weighted by Crippen LogP contribution is 2.24. The van der Waals surface area contributed by atoms with Crippen LogP contribution in [0.4, 0.5) is 5.69 Å². The molecule has 0 saturated carbocycles. The van der Waals surface area contributed by atoms with Crippen molar-refractivity contribution in [2.24, 2.45) is 0 Å². The number of nitrogens with zero attached hydrogens (tertiary/aromatic N) is 1. The Morgan fingerprint density at radius 2 is 1.74 bits per heavy atom. The van der Waals surface area contributed by atoms with Gasteiger partial charge in [0.1, 0.15) is 11.4 Å². The van der Waals surface area contributed by atoms with Gasteiger partial charge in [0.05, 0.1) is 12.8 Å². The molecule has 23 heavy (non-hydrogen) atoms. The van der Waals surface area contributed by atoms with Crippen molar-refractivity contribution in [1.29, 1.82) is 0 Å². The maximum absolute atomic E-state index is 12.6. The molecule has 1 saturated heterocycles. The van der Waals surface area contributed by atoms with E-state index in [2.05, 4.69) is 5.32 Å². The van der Waals surface area contributed by atoms with E-state index in [1.807, 2.05) is 31.2 Å². The summed E-state index contributed by atoms with van der Waals surface area (Å²) in [7, 11) is 1.60. The minimum atomic E-state index is -0.166. The van der Waals surface area contributed by atoms with Crippen LogP contribution in [0.5, 0.6) is 5.75 Å². The first-order chi connectivity index (χ1) is 11.1. The van der Waals surface area contributed by atoms with Crippen molar-refractivity contribution in [3.8, 4) is 5.75 Å². The zero-order valence-electron chi connectivity index (χ0n) is 12.9. The summed E-state index contributed by atoms with van der Waals surface area (Å²) >= 11 is 5.30. The molecule has 0 bridgehead atoms. The van der Waals surface area contributed by atoms with Crippen molar-refractivity contribution >= 4 is 35.0 Å². The molecule has 0 aliphatic carbocycles. The van der Waals surface area contributed by atoms with Crippen LogP contribution in [0.2, 0.25) is 0 Å². The third kappa shape index (κ3) is 3.10. The maximum atomic E-state index is 12.6. The summed E-state index contributed by atoms with van der Waals surface area (Å²) in [5.41, 5.74) is 3.30. The number of amides is 1. The normalized spacial score (nSPS) is 15.9. The van der Waals surface area contributed by atoms with Gasteiger partial charge in [-0.1, -0.05) is 29.8 Å². The standard InChI is InChI=1S/C18H16N2O2S/c1-12-3-5-13(6-4-12)11-16-17(21)20(18(23)19-16)14-7-9-15(22-2)10-8-14/h3-11H,1-2H3,(H,19,23)/b16-11+. The van der Waals surface area contributed by atoms with Crippen molar-refractivity contribution in [2.75, 3.05) is 12.0 Å². The summed E-state index contributed by atoms with van der Waals surface area (Å²) < 4.78 is 5.13. The number of carbonyl (C=O) groups excluding carboxylic acids is 1. The third-order valence-electron chi connectivity index (χ3n) is 3.60. The summed E-state index contributed by atoms with van der Waals surface area (Å²) in [6, 6.07) is 15.2. The van der Waals surface area contributed by atoms with E-state index in [-0.39, 0.29) is 5.91 Å². The predicted octanol–water partition coefficient (Wildman–Crippen LogP) is 3.27. The monoisotopic (exact) mass is 324 g/mol. The zero-order chi connectivity index (χ0) is 16.4. The van der Waals surface area contributed by atoms with Gasteiger partial charge in [-0.3, -0.25) is 9.69 Å². The lowest BCUT2D eigenvalue weighted by molar-refractivity contribution is -0.113.